The van der Waals surface area contributed by atoms with Gasteiger partial charge in [-0.1, -0.05) is 42.5 Å². The first-order chi connectivity index (χ1) is 15.6. The summed E-state index contributed by atoms with van der Waals surface area (Å²) in [5, 5.41) is 6.81. The van der Waals surface area contributed by atoms with E-state index in [9.17, 15) is 9.18 Å². The predicted octanol–water partition coefficient (Wildman–Crippen LogP) is 4.63. The molecule has 4 aromatic rings. The third-order valence-electron chi connectivity index (χ3n) is 4.79. The van der Waals surface area contributed by atoms with E-state index in [0.717, 1.165) is 17.5 Å². The molecule has 0 saturated heterocycles. The average Bonchev–Trinajstić information content (AvgIpc) is 3.21. The van der Waals surface area contributed by atoms with Crippen LogP contribution in [0.1, 0.15) is 26.5 Å². The third kappa shape index (κ3) is 5.53. The van der Waals surface area contributed by atoms with Gasteiger partial charge in [0.2, 0.25) is 0 Å². The summed E-state index contributed by atoms with van der Waals surface area (Å²) in [6.07, 6.45) is 4.01. The van der Waals surface area contributed by atoms with Gasteiger partial charge >= 0.3 is 0 Å². The highest BCUT2D eigenvalue weighted by atomic mass is 32.1. The van der Waals surface area contributed by atoms with E-state index in [1.54, 1.807) is 24.5 Å². The van der Waals surface area contributed by atoms with Crippen LogP contribution in [0.5, 0.6) is 0 Å². The summed E-state index contributed by atoms with van der Waals surface area (Å²) in [7, 11) is 0. The Balaban J connectivity index is 1.39. The quantitative estimate of drug-likeness (QED) is 0.412. The molecule has 0 atom stereocenters. The van der Waals surface area contributed by atoms with Crippen LogP contribution < -0.4 is 10.6 Å². The lowest BCUT2D eigenvalue weighted by Gasteiger charge is -2.06. The van der Waals surface area contributed by atoms with Gasteiger partial charge in [-0.2, -0.15) is 0 Å². The zero-order valence-electron chi connectivity index (χ0n) is 17.5. The number of amides is 1. The molecule has 2 aromatic heterocycles. The first-order valence-electron chi connectivity index (χ1n) is 10.2. The summed E-state index contributed by atoms with van der Waals surface area (Å²) in [5.41, 5.74) is 3.33. The molecule has 0 aliphatic heterocycles. The first-order valence-corrected chi connectivity index (χ1v) is 11.0. The third-order valence-corrected chi connectivity index (χ3v) is 5.96. The lowest BCUT2D eigenvalue weighted by atomic mass is 10.1. The molecule has 0 aliphatic carbocycles. The Hall–Kier alpha value is -3.65. The number of halogens is 1. The average molecular weight is 448 g/mol. The van der Waals surface area contributed by atoms with Crippen LogP contribution in [0.4, 0.5) is 10.2 Å². The van der Waals surface area contributed by atoms with E-state index >= 15 is 0 Å². The second kappa shape index (κ2) is 10.1. The zero-order chi connectivity index (χ0) is 22.3. The largest absolute Gasteiger partial charge is 0.368 e. The molecule has 0 aliphatic rings. The van der Waals surface area contributed by atoms with Gasteiger partial charge in [-0.3, -0.25) is 9.78 Å². The van der Waals surface area contributed by atoms with Crippen LogP contribution in [0.2, 0.25) is 0 Å². The van der Waals surface area contributed by atoms with Gasteiger partial charge in [-0.15, -0.1) is 11.3 Å². The molecule has 0 fully saturated rings. The topological polar surface area (TPSA) is 79.8 Å². The van der Waals surface area contributed by atoms with Crippen LogP contribution in [0, 0.1) is 12.7 Å². The van der Waals surface area contributed by atoms with E-state index < -0.39 is 0 Å². The highest BCUT2D eigenvalue weighted by molar-refractivity contribution is 7.17. The summed E-state index contributed by atoms with van der Waals surface area (Å²) < 4.78 is 13.0. The lowest BCUT2D eigenvalue weighted by Crippen LogP contribution is -2.22. The standard InChI is InChI=1S/C24H22FN5OS/c1-16-22(23(31)28-13-18-5-3-2-4-6-18)32-24(29-16)20-14-26-15-21(30-20)27-12-11-17-7-9-19(25)10-8-17/h2-10,14-15H,11-13H2,1H3,(H,27,30)(H,28,31). The summed E-state index contributed by atoms with van der Waals surface area (Å²) >= 11 is 1.30. The highest BCUT2D eigenvalue weighted by Gasteiger charge is 2.17. The number of aryl methyl sites for hydroxylation is 1. The number of aromatic nitrogens is 3. The Morgan fingerprint density at radius 2 is 1.78 bits per heavy atom. The number of hydrogen-bond donors (Lipinski definition) is 2. The van der Waals surface area contributed by atoms with E-state index in [1.165, 1.54) is 23.5 Å². The molecule has 0 saturated carbocycles. The minimum absolute atomic E-state index is 0.156. The molecule has 2 heterocycles. The maximum Gasteiger partial charge on any atom is 0.263 e. The van der Waals surface area contributed by atoms with Crippen LogP contribution in [0.25, 0.3) is 10.7 Å². The van der Waals surface area contributed by atoms with Crippen molar-refractivity contribution < 1.29 is 9.18 Å². The van der Waals surface area contributed by atoms with E-state index in [1.807, 2.05) is 37.3 Å². The van der Waals surface area contributed by atoms with E-state index in [0.29, 0.717) is 40.2 Å². The van der Waals surface area contributed by atoms with Crippen molar-refractivity contribution in [2.75, 3.05) is 11.9 Å². The number of thiazole rings is 1. The number of rotatable bonds is 8. The molecule has 2 aromatic carbocycles. The molecule has 1 amide bonds. The second-order valence-corrected chi connectivity index (χ2v) is 8.19. The molecule has 8 heteroatoms. The Morgan fingerprint density at radius 3 is 2.56 bits per heavy atom. The zero-order valence-corrected chi connectivity index (χ0v) is 18.3. The van der Waals surface area contributed by atoms with Gasteiger partial charge in [-0.05, 0) is 36.6 Å². The smallest absolute Gasteiger partial charge is 0.263 e. The minimum atomic E-state index is -0.243. The number of carbonyl (C=O) groups excluding carboxylic acids is 1. The van der Waals surface area contributed by atoms with Gasteiger partial charge in [0.15, 0.2) is 0 Å². The summed E-state index contributed by atoms with van der Waals surface area (Å²) in [6, 6.07) is 16.2. The molecule has 0 spiro atoms. The van der Waals surface area contributed by atoms with Gasteiger partial charge in [-0.25, -0.2) is 14.4 Å². The van der Waals surface area contributed by atoms with Gasteiger partial charge in [0, 0.05) is 13.1 Å². The SMILES string of the molecule is Cc1nc(-c2cncc(NCCc3ccc(F)cc3)n2)sc1C(=O)NCc1ccccc1. The van der Waals surface area contributed by atoms with Crippen LogP contribution >= 0.6 is 11.3 Å². The molecule has 0 unspecified atom stereocenters. The molecule has 0 bridgehead atoms. The Morgan fingerprint density at radius 1 is 1.00 bits per heavy atom. The van der Waals surface area contributed by atoms with Crippen molar-refractivity contribution in [1.29, 1.82) is 0 Å². The maximum absolute atomic E-state index is 13.0. The van der Waals surface area contributed by atoms with Crippen molar-refractivity contribution in [2.24, 2.45) is 0 Å². The van der Waals surface area contributed by atoms with Gasteiger partial charge in [0.05, 0.1) is 18.1 Å². The molecule has 0 radical (unpaired) electrons. The number of nitrogens with one attached hydrogen (secondary N) is 2. The molecular weight excluding hydrogens is 425 g/mol. The van der Waals surface area contributed by atoms with E-state index in [2.05, 4.69) is 25.6 Å². The number of carbonyl (C=O) groups is 1. The van der Waals surface area contributed by atoms with Crippen LogP contribution in [0.3, 0.4) is 0 Å². The first kappa shape index (κ1) is 21.6. The predicted molar refractivity (Wildman–Crippen MR) is 124 cm³/mol. The molecule has 32 heavy (non-hydrogen) atoms. The molecule has 6 nitrogen and oxygen atoms in total. The van der Waals surface area contributed by atoms with Crippen molar-refractivity contribution >= 4 is 23.1 Å². The van der Waals surface area contributed by atoms with Crippen molar-refractivity contribution in [3.8, 4) is 10.7 Å². The van der Waals surface area contributed by atoms with Crippen LogP contribution in [-0.2, 0) is 13.0 Å². The molecule has 4 rings (SSSR count). The summed E-state index contributed by atoms with van der Waals surface area (Å²) in [5.74, 6) is 0.219. The molecular formula is C24H22FN5OS. The van der Waals surface area contributed by atoms with Crippen molar-refractivity contribution in [3.05, 3.63) is 94.5 Å². The number of hydrogen-bond acceptors (Lipinski definition) is 6. The monoisotopic (exact) mass is 447 g/mol. The number of benzene rings is 2. The van der Waals surface area contributed by atoms with Crippen molar-refractivity contribution in [2.45, 2.75) is 19.9 Å². The fraction of sp³-hybridized carbons (Fsp3) is 0.167. The number of anilines is 1. The molecule has 162 valence electrons. The van der Waals surface area contributed by atoms with E-state index in [-0.39, 0.29) is 11.7 Å². The Kier molecular flexibility index (Phi) is 6.81. The normalized spacial score (nSPS) is 10.7. The van der Waals surface area contributed by atoms with Crippen LogP contribution in [-0.4, -0.2) is 27.4 Å². The van der Waals surface area contributed by atoms with Gasteiger partial charge in [0.1, 0.15) is 27.2 Å². The fourth-order valence-electron chi connectivity index (χ4n) is 3.12. The summed E-state index contributed by atoms with van der Waals surface area (Å²) in [4.78, 5) is 26.6. The number of nitrogens with zero attached hydrogens (tertiary/aromatic N) is 3. The van der Waals surface area contributed by atoms with Crippen molar-refractivity contribution in [1.82, 2.24) is 20.3 Å². The summed E-state index contributed by atoms with van der Waals surface area (Å²) in [6.45, 7) is 2.91. The molecule has 2 N–H and O–H groups in total. The lowest BCUT2D eigenvalue weighted by molar-refractivity contribution is 0.0954. The second-order valence-electron chi connectivity index (χ2n) is 7.19. The Labute approximate surface area is 189 Å². The maximum atomic E-state index is 13.0. The highest BCUT2D eigenvalue weighted by Crippen LogP contribution is 2.27. The fourth-order valence-corrected chi connectivity index (χ4v) is 4.05. The van der Waals surface area contributed by atoms with Gasteiger partial charge in [0.25, 0.3) is 5.91 Å². The van der Waals surface area contributed by atoms with Gasteiger partial charge < -0.3 is 10.6 Å². The van der Waals surface area contributed by atoms with Crippen LogP contribution in [0.15, 0.2) is 67.0 Å². The van der Waals surface area contributed by atoms with Crippen molar-refractivity contribution in [3.63, 3.8) is 0 Å². The Bertz CT molecular complexity index is 1190. The minimum Gasteiger partial charge on any atom is -0.368 e. The van der Waals surface area contributed by atoms with E-state index in [4.69, 9.17) is 0 Å².